The van der Waals surface area contributed by atoms with Crippen molar-refractivity contribution < 1.29 is 0 Å². The molecule has 5 nitrogen and oxygen atoms in total. The number of aromatic nitrogens is 2. The standard InChI is InChI=1S/C8H13N5/c9-6-4-13(5-7(6)10)8-2-1-3-11-12-8/h1-3,6-7H,4-5,9-10H2. The maximum absolute atomic E-state index is 5.79. The fourth-order valence-corrected chi connectivity index (χ4v) is 1.50. The Bertz CT molecular complexity index is 265. The molecule has 4 N–H and O–H groups in total. The number of hydrogen-bond acceptors (Lipinski definition) is 5. The number of nitrogens with two attached hydrogens (primary N) is 2. The summed E-state index contributed by atoms with van der Waals surface area (Å²) >= 11 is 0. The zero-order chi connectivity index (χ0) is 9.26. The molecule has 0 radical (unpaired) electrons. The molecule has 1 aliphatic heterocycles. The average Bonchev–Trinajstić information content (AvgIpc) is 2.49. The Labute approximate surface area is 76.7 Å². The normalized spacial score (nSPS) is 28.0. The van der Waals surface area contributed by atoms with Crippen LogP contribution in [0.25, 0.3) is 0 Å². The van der Waals surface area contributed by atoms with E-state index in [-0.39, 0.29) is 12.1 Å². The highest BCUT2D eigenvalue weighted by atomic mass is 15.3. The number of rotatable bonds is 1. The average molecular weight is 179 g/mol. The predicted octanol–water partition coefficient (Wildman–Crippen LogP) is -1.05. The third-order valence-corrected chi connectivity index (χ3v) is 2.29. The van der Waals surface area contributed by atoms with Crippen molar-refractivity contribution >= 4 is 5.82 Å². The number of hydrogen-bond donors (Lipinski definition) is 2. The largest absolute Gasteiger partial charge is 0.352 e. The minimum atomic E-state index is 0.0435. The van der Waals surface area contributed by atoms with Gasteiger partial charge in [0.25, 0.3) is 0 Å². The lowest BCUT2D eigenvalue weighted by Gasteiger charge is -2.14. The quantitative estimate of drug-likeness (QED) is 0.575. The van der Waals surface area contributed by atoms with Gasteiger partial charge in [-0.15, -0.1) is 5.10 Å². The van der Waals surface area contributed by atoms with Crippen molar-refractivity contribution in [2.75, 3.05) is 18.0 Å². The summed E-state index contributed by atoms with van der Waals surface area (Å²) in [6.45, 7) is 1.53. The van der Waals surface area contributed by atoms with Gasteiger partial charge in [-0.1, -0.05) is 0 Å². The molecule has 2 heterocycles. The van der Waals surface area contributed by atoms with Crippen molar-refractivity contribution in [3.05, 3.63) is 18.3 Å². The van der Waals surface area contributed by atoms with Crippen LogP contribution in [0.1, 0.15) is 0 Å². The minimum absolute atomic E-state index is 0.0435. The second kappa shape index (κ2) is 3.27. The van der Waals surface area contributed by atoms with Crippen molar-refractivity contribution in [1.82, 2.24) is 10.2 Å². The molecule has 5 heteroatoms. The summed E-state index contributed by atoms with van der Waals surface area (Å²) < 4.78 is 0. The van der Waals surface area contributed by atoms with Gasteiger partial charge >= 0.3 is 0 Å². The van der Waals surface area contributed by atoms with E-state index in [2.05, 4.69) is 15.1 Å². The Morgan fingerprint density at radius 3 is 2.54 bits per heavy atom. The van der Waals surface area contributed by atoms with Crippen LogP contribution in [0, 0.1) is 0 Å². The molecule has 0 aliphatic carbocycles. The van der Waals surface area contributed by atoms with E-state index in [4.69, 9.17) is 11.5 Å². The van der Waals surface area contributed by atoms with E-state index in [1.165, 1.54) is 0 Å². The zero-order valence-electron chi connectivity index (χ0n) is 7.30. The summed E-state index contributed by atoms with van der Waals surface area (Å²) in [5.74, 6) is 0.853. The molecule has 0 saturated carbocycles. The van der Waals surface area contributed by atoms with Crippen molar-refractivity contribution in [3.63, 3.8) is 0 Å². The second-order valence-corrected chi connectivity index (χ2v) is 3.31. The molecule has 0 aromatic carbocycles. The molecule has 1 aromatic heterocycles. The summed E-state index contributed by atoms with van der Waals surface area (Å²) in [5.41, 5.74) is 11.6. The van der Waals surface area contributed by atoms with E-state index in [9.17, 15) is 0 Å². The third kappa shape index (κ3) is 1.61. The van der Waals surface area contributed by atoms with E-state index in [0.717, 1.165) is 18.9 Å². The number of nitrogens with zero attached hydrogens (tertiary/aromatic N) is 3. The first-order valence-electron chi connectivity index (χ1n) is 4.31. The van der Waals surface area contributed by atoms with Gasteiger partial charge in [0.1, 0.15) is 0 Å². The van der Waals surface area contributed by atoms with Crippen molar-refractivity contribution in [3.8, 4) is 0 Å². The lowest BCUT2D eigenvalue weighted by atomic mass is 10.2. The van der Waals surface area contributed by atoms with Crippen LogP contribution in [-0.4, -0.2) is 35.4 Å². The van der Waals surface area contributed by atoms with Crippen LogP contribution in [-0.2, 0) is 0 Å². The predicted molar refractivity (Wildman–Crippen MR) is 50.2 cm³/mol. The first kappa shape index (κ1) is 8.40. The van der Waals surface area contributed by atoms with Crippen LogP contribution in [0.2, 0.25) is 0 Å². The molecule has 13 heavy (non-hydrogen) atoms. The van der Waals surface area contributed by atoms with Gasteiger partial charge in [0, 0.05) is 31.4 Å². The van der Waals surface area contributed by atoms with E-state index < -0.39 is 0 Å². The second-order valence-electron chi connectivity index (χ2n) is 3.31. The molecule has 2 unspecified atom stereocenters. The molecular formula is C8H13N5. The first-order valence-corrected chi connectivity index (χ1v) is 4.31. The van der Waals surface area contributed by atoms with E-state index in [1.54, 1.807) is 6.20 Å². The highest BCUT2D eigenvalue weighted by molar-refractivity contribution is 5.39. The van der Waals surface area contributed by atoms with E-state index >= 15 is 0 Å². The summed E-state index contributed by atoms with van der Waals surface area (Å²) in [6.07, 6.45) is 1.65. The third-order valence-electron chi connectivity index (χ3n) is 2.29. The highest BCUT2D eigenvalue weighted by Gasteiger charge is 2.27. The van der Waals surface area contributed by atoms with Crippen LogP contribution >= 0.6 is 0 Å². The van der Waals surface area contributed by atoms with Gasteiger partial charge in [0.15, 0.2) is 5.82 Å². The maximum atomic E-state index is 5.79. The van der Waals surface area contributed by atoms with Crippen molar-refractivity contribution in [2.45, 2.75) is 12.1 Å². The monoisotopic (exact) mass is 179 g/mol. The Hall–Kier alpha value is -1.20. The van der Waals surface area contributed by atoms with Gasteiger partial charge in [-0.2, -0.15) is 5.10 Å². The molecule has 0 bridgehead atoms. The lowest BCUT2D eigenvalue weighted by molar-refractivity contribution is 0.642. The summed E-state index contributed by atoms with van der Waals surface area (Å²) in [5, 5.41) is 7.80. The molecule has 0 spiro atoms. The van der Waals surface area contributed by atoms with Crippen LogP contribution < -0.4 is 16.4 Å². The van der Waals surface area contributed by atoms with Crippen LogP contribution in [0.15, 0.2) is 18.3 Å². The van der Waals surface area contributed by atoms with E-state index in [0.29, 0.717) is 0 Å². The molecule has 2 atom stereocenters. The van der Waals surface area contributed by atoms with Gasteiger partial charge in [0.05, 0.1) is 0 Å². The van der Waals surface area contributed by atoms with Crippen molar-refractivity contribution in [2.24, 2.45) is 11.5 Å². The smallest absolute Gasteiger partial charge is 0.151 e. The van der Waals surface area contributed by atoms with Crippen LogP contribution in [0.4, 0.5) is 5.82 Å². The van der Waals surface area contributed by atoms with Crippen LogP contribution in [0.5, 0.6) is 0 Å². The van der Waals surface area contributed by atoms with Gasteiger partial charge in [0.2, 0.25) is 0 Å². The fraction of sp³-hybridized carbons (Fsp3) is 0.500. The molecule has 1 saturated heterocycles. The molecule has 1 aromatic rings. The zero-order valence-corrected chi connectivity index (χ0v) is 7.30. The van der Waals surface area contributed by atoms with Gasteiger partial charge in [-0.05, 0) is 12.1 Å². The molecular weight excluding hydrogens is 166 g/mol. The first-order chi connectivity index (χ1) is 6.27. The molecule has 0 amide bonds. The Morgan fingerprint density at radius 1 is 1.31 bits per heavy atom. The van der Waals surface area contributed by atoms with Gasteiger partial charge in [-0.25, -0.2) is 0 Å². The fourth-order valence-electron chi connectivity index (χ4n) is 1.50. The molecule has 1 fully saturated rings. The maximum Gasteiger partial charge on any atom is 0.151 e. The van der Waals surface area contributed by atoms with Gasteiger partial charge < -0.3 is 16.4 Å². The summed E-state index contributed by atoms with van der Waals surface area (Å²) in [4.78, 5) is 2.06. The molecule has 70 valence electrons. The highest BCUT2D eigenvalue weighted by Crippen LogP contribution is 2.14. The minimum Gasteiger partial charge on any atom is -0.352 e. The Balaban J connectivity index is 2.12. The lowest BCUT2D eigenvalue weighted by Crippen LogP contribution is -2.39. The topological polar surface area (TPSA) is 81.1 Å². The summed E-state index contributed by atoms with van der Waals surface area (Å²) in [6, 6.07) is 3.86. The van der Waals surface area contributed by atoms with E-state index in [1.807, 2.05) is 12.1 Å². The number of anilines is 1. The SMILES string of the molecule is NC1CN(c2cccnn2)CC1N. The molecule has 2 rings (SSSR count). The van der Waals surface area contributed by atoms with Gasteiger partial charge in [-0.3, -0.25) is 0 Å². The summed E-state index contributed by atoms with van der Waals surface area (Å²) in [7, 11) is 0. The Morgan fingerprint density at radius 2 is 2.00 bits per heavy atom. The van der Waals surface area contributed by atoms with Crippen molar-refractivity contribution in [1.29, 1.82) is 0 Å². The Kier molecular flexibility index (Phi) is 2.12. The van der Waals surface area contributed by atoms with Crippen LogP contribution in [0.3, 0.4) is 0 Å². The molecule has 1 aliphatic rings.